The molecular formula is C21H27NO2. The fourth-order valence-corrected chi connectivity index (χ4v) is 3.29. The highest BCUT2D eigenvalue weighted by atomic mass is 16.5. The molecular weight excluding hydrogens is 298 g/mol. The van der Waals surface area contributed by atoms with Crippen molar-refractivity contribution in [2.45, 2.75) is 19.3 Å². The first-order chi connectivity index (χ1) is 11.8. The zero-order chi connectivity index (χ0) is 16.6. The Labute approximate surface area is 145 Å². The molecule has 3 nitrogen and oxygen atoms in total. The Balaban J connectivity index is 1.61. The molecule has 0 saturated carbocycles. The molecule has 128 valence electrons. The monoisotopic (exact) mass is 325 g/mol. The largest absolute Gasteiger partial charge is 0.496 e. The highest BCUT2D eigenvalue weighted by molar-refractivity contribution is 5.39. The predicted molar refractivity (Wildman–Crippen MR) is 97.8 cm³/mol. The van der Waals surface area contributed by atoms with Gasteiger partial charge in [-0.15, -0.1) is 0 Å². The van der Waals surface area contributed by atoms with Gasteiger partial charge in [0, 0.05) is 13.1 Å². The van der Waals surface area contributed by atoms with E-state index in [-0.39, 0.29) is 0 Å². The fraction of sp³-hybridized carbons (Fsp3) is 0.429. The topological polar surface area (TPSA) is 21.7 Å². The van der Waals surface area contributed by atoms with E-state index in [1.54, 1.807) is 7.11 Å². The van der Waals surface area contributed by atoms with Gasteiger partial charge in [0.05, 0.1) is 20.3 Å². The Hall–Kier alpha value is -1.84. The van der Waals surface area contributed by atoms with Gasteiger partial charge < -0.3 is 9.47 Å². The van der Waals surface area contributed by atoms with Gasteiger partial charge in [-0.1, -0.05) is 42.5 Å². The van der Waals surface area contributed by atoms with Crippen molar-refractivity contribution in [2.24, 2.45) is 0 Å². The molecule has 0 aromatic heterocycles. The summed E-state index contributed by atoms with van der Waals surface area (Å²) in [6.07, 6.45) is 3.19. The quantitative estimate of drug-likeness (QED) is 0.777. The number of hydrogen-bond acceptors (Lipinski definition) is 3. The van der Waals surface area contributed by atoms with E-state index < -0.39 is 0 Å². The first kappa shape index (κ1) is 17.0. The summed E-state index contributed by atoms with van der Waals surface area (Å²) in [7, 11) is 1.76. The third-order valence-electron chi connectivity index (χ3n) is 4.62. The van der Waals surface area contributed by atoms with Crippen LogP contribution in [0.15, 0.2) is 48.5 Å². The average Bonchev–Trinajstić information content (AvgIpc) is 2.64. The molecule has 0 N–H and O–H groups in total. The summed E-state index contributed by atoms with van der Waals surface area (Å²) in [5, 5.41) is 0. The van der Waals surface area contributed by atoms with Crippen molar-refractivity contribution in [3.8, 4) is 5.75 Å². The number of nitrogens with zero attached hydrogens (tertiary/aromatic N) is 1. The molecule has 0 radical (unpaired) electrons. The van der Waals surface area contributed by atoms with Crippen LogP contribution in [0.25, 0.3) is 0 Å². The Kier molecular flexibility index (Phi) is 6.27. The molecule has 1 aliphatic rings. The molecule has 0 bridgehead atoms. The average molecular weight is 325 g/mol. The molecule has 1 fully saturated rings. The van der Waals surface area contributed by atoms with Crippen LogP contribution >= 0.6 is 0 Å². The normalized spacial score (nSPS) is 15.4. The van der Waals surface area contributed by atoms with Crippen molar-refractivity contribution < 1.29 is 9.47 Å². The van der Waals surface area contributed by atoms with Gasteiger partial charge in [0.25, 0.3) is 0 Å². The smallest absolute Gasteiger partial charge is 0.122 e. The molecule has 1 saturated heterocycles. The maximum absolute atomic E-state index is 5.56. The zero-order valence-electron chi connectivity index (χ0n) is 14.5. The standard InChI is InChI=1S/C21H27NO2/c1-23-21-10-9-19(16-18-6-3-2-4-7-18)17-20(21)8-5-11-22-12-14-24-15-13-22/h2-4,6-7,9-10,17H,5,8,11-16H2,1H3. The molecule has 0 spiro atoms. The van der Waals surface area contributed by atoms with E-state index in [1.165, 1.54) is 16.7 Å². The van der Waals surface area contributed by atoms with Gasteiger partial charge in [0.15, 0.2) is 0 Å². The Morgan fingerprint density at radius 2 is 1.79 bits per heavy atom. The Morgan fingerprint density at radius 1 is 1.00 bits per heavy atom. The van der Waals surface area contributed by atoms with Crippen molar-refractivity contribution in [3.05, 3.63) is 65.2 Å². The van der Waals surface area contributed by atoms with E-state index >= 15 is 0 Å². The van der Waals surface area contributed by atoms with Crippen molar-refractivity contribution >= 4 is 0 Å². The van der Waals surface area contributed by atoms with Crippen LogP contribution < -0.4 is 4.74 Å². The molecule has 0 aliphatic carbocycles. The number of aryl methyl sites for hydroxylation is 1. The summed E-state index contributed by atoms with van der Waals surface area (Å²) in [5.74, 6) is 1.01. The second-order valence-corrected chi connectivity index (χ2v) is 6.37. The summed E-state index contributed by atoms with van der Waals surface area (Å²) in [6.45, 7) is 5.00. The molecule has 0 amide bonds. The third kappa shape index (κ3) is 4.83. The molecule has 0 atom stereocenters. The van der Waals surface area contributed by atoms with Crippen LogP contribution in [0.3, 0.4) is 0 Å². The first-order valence-corrected chi connectivity index (χ1v) is 8.85. The Morgan fingerprint density at radius 3 is 2.54 bits per heavy atom. The summed E-state index contributed by atoms with van der Waals surface area (Å²) < 4.78 is 11.0. The minimum Gasteiger partial charge on any atom is -0.496 e. The number of ether oxygens (including phenoxy) is 2. The summed E-state index contributed by atoms with van der Waals surface area (Å²) in [5.41, 5.74) is 4.02. The molecule has 24 heavy (non-hydrogen) atoms. The summed E-state index contributed by atoms with van der Waals surface area (Å²) in [4.78, 5) is 2.49. The van der Waals surface area contributed by atoms with Crippen molar-refractivity contribution in [3.63, 3.8) is 0 Å². The molecule has 1 aliphatic heterocycles. The van der Waals surface area contributed by atoms with E-state index in [2.05, 4.69) is 53.4 Å². The number of benzene rings is 2. The van der Waals surface area contributed by atoms with Gasteiger partial charge in [-0.25, -0.2) is 0 Å². The van der Waals surface area contributed by atoms with Crippen LogP contribution in [0.2, 0.25) is 0 Å². The van der Waals surface area contributed by atoms with Crippen LogP contribution in [0.1, 0.15) is 23.1 Å². The van der Waals surface area contributed by atoms with Crippen LogP contribution in [0, 0.1) is 0 Å². The lowest BCUT2D eigenvalue weighted by Gasteiger charge is -2.26. The van der Waals surface area contributed by atoms with Crippen LogP contribution in [0.5, 0.6) is 5.75 Å². The molecule has 3 rings (SSSR count). The van der Waals surface area contributed by atoms with Crippen LogP contribution in [0.4, 0.5) is 0 Å². The highest BCUT2D eigenvalue weighted by Crippen LogP contribution is 2.23. The minimum absolute atomic E-state index is 0.871. The molecule has 1 heterocycles. The van der Waals surface area contributed by atoms with Gasteiger partial charge in [-0.05, 0) is 48.6 Å². The predicted octanol–water partition coefficient (Wildman–Crippen LogP) is 3.55. The third-order valence-corrected chi connectivity index (χ3v) is 4.62. The second kappa shape index (κ2) is 8.86. The van der Waals surface area contributed by atoms with E-state index in [0.29, 0.717) is 0 Å². The summed E-state index contributed by atoms with van der Waals surface area (Å²) in [6, 6.07) is 17.2. The molecule has 2 aromatic rings. The van der Waals surface area contributed by atoms with Crippen LogP contribution in [-0.2, 0) is 17.6 Å². The number of hydrogen-bond donors (Lipinski definition) is 0. The van der Waals surface area contributed by atoms with Crippen molar-refractivity contribution in [2.75, 3.05) is 40.0 Å². The lowest BCUT2D eigenvalue weighted by molar-refractivity contribution is 0.0374. The van der Waals surface area contributed by atoms with Gasteiger partial charge in [-0.2, -0.15) is 0 Å². The number of morpholine rings is 1. The Bertz CT molecular complexity index is 621. The maximum atomic E-state index is 5.56. The van der Waals surface area contributed by atoms with Crippen molar-refractivity contribution in [1.29, 1.82) is 0 Å². The maximum Gasteiger partial charge on any atom is 0.122 e. The van der Waals surface area contributed by atoms with E-state index in [0.717, 1.165) is 57.9 Å². The van der Waals surface area contributed by atoms with Gasteiger partial charge in [-0.3, -0.25) is 4.90 Å². The zero-order valence-corrected chi connectivity index (χ0v) is 14.5. The molecule has 0 unspecified atom stereocenters. The summed E-state index contributed by atoms with van der Waals surface area (Å²) >= 11 is 0. The SMILES string of the molecule is COc1ccc(Cc2ccccc2)cc1CCCN1CCOCC1. The van der Waals surface area contributed by atoms with Gasteiger partial charge in [0.2, 0.25) is 0 Å². The number of methoxy groups -OCH3 is 1. The lowest BCUT2D eigenvalue weighted by Crippen LogP contribution is -2.36. The number of rotatable bonds is 7. The van der Waals surface area contributed by atoms with Crippen LogP contribution in [-0.4, -0.2) is 44.9 Å². The van der Waals surface area contributed by atoms with E-state index in [1.807, 2.05) is 0 Å². The fourth-order valence-electron chi connectivity index (χ4n) is 3.29. The first-order valence-electron chi connectivity index (χ1n) is 8.85. The lowest BCUT2D eigenvalue weighted by atomic mass is 10.00. The van der Waals surface area contributed by atoms with Gasteiger partial charge in [0.1, 0.15) is 5.75 Å². The van der Waals surface area contributed by atoms with Crippen molar-refractivity contribution in [1.82, 2.24) is 4.90 Å². The molecule has 3 heteroatoms. The van der Waals surface area contributed by atoms with E-state index in [9.17, 15) is 0 Å². The van der Waals surface area contributed by atoms with E-state index in [4.69, 9.17) is 9.47 Å². The second-order valence-electron chi connectivity index (χ2n) is 6.37. The minimum atomic E-state index is 0.871. The molecule has 2 aromatic carbocycles. The highest BCUT2D eigenvalue weighted by Gasteiger charge is 2.11. The van der Waals surface area contributed by atoms with Gasteiger partial charge >= 0.3 is 0 Å².